The zero-order chi connectivity index (χ0) is 14.9. The van der Waals surface area contributed by atoms with Crippen molar-refractivity contribution in [3.8, 4) is 5.75 Å². The minimum absolute atomic E-state index is 0.118. The van der Waals surface area contributed by atoms with Gasteiger partial charge in [-0.05, 0) is 43.7 Å². The SMILES string of the molecule is Cc1ccc(S(=O)(=O)Nc2c(C)cc(Br)cc2O)cc1. The molecule has 0 aliphatic heterocycles. The summed E-state index contributed by atoms with van der Waals surface area (Å²) in [4.78, 5) is 0.157. The topological polar surface area (TPSA) is 66.4 Å². The van der Waals surface area contributed by atoms with Crippen LogP contribution in [0.2, 0.25) is 0 Å². The summed E-state index contributed by atoms with van der Waals surface area (Å²) in [5, 5.41) is 9.87. The average Bonchev–Trinajstić information content (AvgIpc) is 2.34. The Kier molecular flexibility index (Phi) is 4.06. The fourth-order valence-corrected chi connectivity index (χ4v) is 3.48. The molecule has 0 spiro atoms. The van der Waals surface area contributed by atoms with Gasteiger partial charge in [0.15, 0.2) is 0 Å². The van der Waals surface area contributed by atoms with Gasteiger partial charge in [0.05, 0.1) is 10.6 Å². The fourth-order valence-electron chi connectivity index (χ4n) is 1.77. The van der Waals surface area contributed by atoms with E-state index in [0.29, 0.717) is 10.0 Å². The van der Waals surface area contributed by atoms with Crippen molar-refractivity contribution in [1.29, 1.82) is 0 Å². The first-order valence-corrected chi connectivity index (χ1v) is 8.16. The zero-order valence-corrected chi connectivity index (χ0v) is 13.4. The highest BCUT2D eigenvalue weighted by Gasteiger charge is 2.17. The molecule has 6 heteroatoms. The predicted octanol–water partition coefficient (Wildman–Crippen LogP) is 3.57. The molecule has 0 amide bonds. The highest BCUT2D eigenvalue weighted by atomic mass is 79.9. The zero-order valence-electron chi connectivity index (χ0n) is 11.0. The molecule has 0 aromatic heterocycles. The van der Waals surface area contributed by atoms with Crippen LogP contribution in [-0.4, -0.2) is 13.5 Å². The summed E-state index contributed by atoms with van der Waals surface area (Å²) < 4.78 is 27.6. The third-order valence-corrected chi connectivity index (χ3v) is 4.67. The van der Waals surface area contributed by atoms with Gasteiger partial charge < -0.3 is 5.11 Å². The van der Waals surface area contributed by atoms with Crippen LogP contribution in [-0.2, 0) is 10.0 Å². The Labute approximate surface area is 126 Å². The normalized spacial score (nSPS) is 11.3. The lowest BCUT2D eigenvalue weighted by Gasteiger charge is -2.13. The van der Waals surface area contributed by atoms with Crippen molar-refractivity contribution in [2.75, 3.05) is 4.72 Å². The molecule has 0 aliphatic carbocycles. The maximum absolute atomic E-state index is 12.3. The molecule has 2 rings (SSSR count). The fraction of sp³-hybridized carbons (Fsp3) is 0.143. The molecule has 0 saturated heterocycles. The second kappa shape index (κ2) is 5.46. The number of hydrogen-bond donors (Lipinski definition) is 2. The number of aryl methyl sites for hydroxylation is 2. The van der Waals surface area contributed by atoms with Gasteiger partial charge in [0, 0.05) is 4.47 Å². The molecule has 20 heavy (non-hydrogen) atoms. The largest absolute Gasteiger partial charge is 0.506 e. The van der Waals surface area contributed by atoms with Crippen molar-refractivity contribution < 1.29 is 13.5 Å². The monoisotopic (exact) mass is 355 g/mol. The number of halogens is 1. The first-order valence-electron chi connectivity index (χ1n) is 5.88. The Morgan fingerprint density at radius 1 is 1.10 bits per heavy atom. The maximum Gasteiger partial charge on any atom is 0.262 e. The molecule has 2 N–H and O–H groups in total. The minimum atomic E-state index is -3.71. The number of phenols is 1. The van der Waals surface area contributed by atoms with Gasteiger partial charge in [0.2, 0.25) is 0 Å². The first-order chi connectivity index (χ1) is 9.29. The molecule has 0 saturated carbocycles. The number of hydrogen-bond acceptors (Lipinski definition) is 3. The van der Waals surface area contributed by atoms with Crippen molar-refractivity contribution in [2.24, 2.45) is 0 Å². The van der Waals surface area contributed by atoms with Crippen LogP contribution in [0.25, 0.3) is 0 Å². The Morgan fingerprint density at radius 2 is 1.70 bits per heavy atom. The van der Waals surface area contributed by atoms with Gasteiger partial charge >= 0.3 is 0 Å². The standard InChI is InChI=1S/C14H14BrNO3S/c1-9-3-5-12(6-4-9)20(18,19)16-14-10(2)7-11(15)8-13(14)17/h3-8,16-17H,1-2H3. The number of phenolic OH excluding ortho intramolecular Hbond substituents is 1. The van der Waals surface area contributed by atoms with Gasteiger partial charge in [-0.25, -0.2) is 8.42 Å². The smallest absolute Gasteiger partial charge is 0.262 e. The van der Waals surface area contributed by atoms with Crippen LogP contribution in [0.5, 0.6) is 5.75 Å². The molecule has 0 aliphatic rings. The summed E-state index contributed by atoms with van der Waals surface area (Å²) in [6, 6.07) is 9.68. The molecule has 0 atom stereocenters. The van der Waals surface area contributed by atoms with Crippen LogP contribution in [0.1, 0.15) is 11.1 Å². The van der Waals surface area contributed by atoms with Crippen molar-refractivity contribution >= 4 is 31.6 Å². The quantitative estimate of drug-likeness (QED) is 0.827. The van der Waals surface area contributed by atoms with Gasteiger partial charge in [0.25, 0.3) is 10.0 Å². The summed E-state index contributed by atoms with van der Waals surface area (Å²) in [5.74, 6) is -0.118. The minimum Gasteiger partial charge on any atom is -0.506 e. The molecular weight excluding hydrogens is 342 g/mol. The van der Waals surface area contributed by atoms with Crippen LogP contribution in [0.15, 0.2) is 45.8 Å². The third-order valence-electron chi connectivity index (χ3n) is 2.85. The van der Waals surface area contributed by atoms with Crippen LogP contribution in [0.4, 0.5) is 5.69 Å². The summed E-state index contributed by atoms with van der Waals surface area (Å²) >= 11 is 3.24. The van der Waals surface area contributed by atoms with E-state index in [0.717, 1.165) is 5.56 Å². The van der Waals surface area contributed by atoms with E-state index in [-0.39, 0.29) is 16.3 Å². The van der Waals surface area contributed by atoms with E-state index in [1.807, 2.05) is 6.92 Å². The van der Waals surface area contributed by atoms with Crippen molar-refractivity contribution in [1.82, 2.24) is 0 Å². The van der Waals surface area contributed by atoms with Crippen molar-refractivity contribution in [3.05, 3.63) is 52.0 Å². The lowest BCUT2D eigenvalue weighted by atomic mass is 10.2. The van der Waals surface area contributed by atoms with Crippen LogP contribution in [0.3, 0.4) is 0 Å². The van der Waals surface area contributed by atoms with Gasteiger partial charge in [-0.3, -0.25) is 4.72 Å². The summed E-state index contributed by atoms with van der Waals surface area (Å²) in [6.45, 7) is 3.60. The van der Waals surface area contributed by atoms with E-state index in [1.54, 1.807) is 25.1 Å². The van der Waals surface area contributed by atoms with Gasteiger partial charge in [0.1, 0.15) is 5.75 Å². The van der Waals surface area contributed by atoms with Crippen molar-refractivity contribution in [2.45, 2.75) is 18.7 Å². The van der Waals surface area contributed by atoms with E-state index < -0.39 is 10.0 Å². The van der Waals surface area contributed by atoms with Gasteiger partial charge in [-0.1, -0.05) is 33.6 Å². The molecule has 4 nitrogen and oxygen atoms in total. The van der Waals surface area contributed by atoms with E-state index >= 15 is 0 Å². The molecule has 106 valence electrons. The molecular formula is C14H14BrNO3S. The molecule has 2 aromatic rings. The molecule has 0 unspecified atom stereocenters. The lowest BCUT2D eigenvalue weighted by Crippen LogP contribution is -2.13. The van der Waals surface area contributed by atoms with Crippen LogP contribution >= 0.6 is 15.9 Å². The highest BCUT2D eigenvalue weighted by Crippen LogP contribution is 2.32. The van der Waals surface area contributed by atoms with Crippen LogP contribution in [0, 0.1) is 13.8 Å². The number of benzene rings is 2. The molecule has 0 bridgehead atoms. The Morgan fingerprint density at radius 3 is 2.25 bits per heavy atom. The number of anilines is 1. The summed E-state index contributed by atoms with van der Waals surface area (Å²) in [6.07, 6.45) is 0. The molecule has 0 fully saturated rings. The van der Waals surface area contributed by atoms with E-state index in [1.165, 1.54) is 18.2 Å². The van der Waals surface area contributed by atoms with Crippen molar-refractivity contribution in [3.63, 3.8) is 0 Å². The van der Waals surface area contributed by atoms with Crippen LogP contribution < -0.4 is 4.72 Å². The Balaban J connectivity index is 2.41. The first kappa shape index (κ1) is 14.9. The summed E-state index contributed by atoms with van der Waals surface area (Å²) in [7, 11) is -3.71. The number of nitrogens with one attached hydrogen (secondary N) is 1. The van der Waals surface area contributed by atoms with E-state index in [9.17, 15) is 13.5 Å². The third kappa shape index (κ3) is 3.13. The summed E-state index contributed by atoms with van der Waals surface area (Å²) in [5.41, 5.74) is 1.80. The predicted molar refractivity (Wildman–Crippen MR) is 82.5 cm³/mol. The molecule has 0 radical (unpaired) electrons. The Bertz CT molecular complexity index is 717. The second-order valence-corrected chi connectivity index (χ2v) is 7.13. The van der Waals surface area contributed by atoms with E-state index in [4.69, 9.17) is 0 Å². The van der Waals surface area contributed by atoms with E-state index in [2.05, 4.69) is 20.7 Å². The number of aromatic hydroxyl groups is 1. The lowest BCUT2D eigenvalue weighted by molar-refractivity contribution is 0.477. The van der Waals surface area contributed by atoms with Gasteiger partial charge in [-0.15, -0.1) is 0 Å². The average molecular weight is 356 g/mol. The number of sulfonamides is 1. The highest BCUT2D eigenvalue weighted by molar-refractivity contribution is 9.10. The second-order valence-electron chi connectivity index (χ2n) is 4.54. The molecule has 2 aromatic carbocycles. The number of rotatable bonds is 3. The Hall–Kier alpha value is -1.53. The molecule has 0 heterocycles. The maximum atomic E-state index is 12.3. The van der Waals surface area contributed by atoms with Gasteiger partial charge in [-0.2, -0.15) is 0 Å².